The predicted molar refractivity (Wildman–Crippen MR) is 79.1 cm³/mol. The van der Waals surface area contributed by atoms with Crippen LogP contribution in [-0.4, -0.2) is 47.9 Å². The van der Waals surface area contributed by atoms with Crippen LogP contribution in [0.1, 0.15) is 24.4 Å². The minimum absolute atomic E-state index is 0.0416. The van der Waals surface area contributed by atoms with Crippen molar-refractivity contribution >= 4 is 5.97 Å². The van der Waals surface area contributed by atoms with Crippen molar-refractivity contribution in [3.8, 4) is 11.5 Å². The fourth-order valence-corrected chi connectivity index (χ4v) is 1.98. The van der Waals surface area contributed by atoms with E-state index in [1.165, 1.54) is 0 Å². The maximum Gasteiger partial charge on any atom is 0.313 e. The summed E-state index contributed by atoms with van der Waals surface area (Å²) < 4.78 is 4.86. The van der Waals surface area contributed by atoms with Crippen molar-refractivity contribution in [1.82, 2.24) is 35.3 Å². The van der Waals surface area contributed by atoms with Crippen molar-refractivity contribution in [2.45, 2.75) is 19.8 Å². The number of aromatic nitrogens is 7. The van der Waals surface area contributed by atoms with E-state index in [0.29, 0.717) is 42.0 Å². The van der Waals surface area contributed by atoms with Gasteiger partial charge in [-0.2, -0.15) is 10.2 Å². The van der Waals surface area contributed by atoms with Gasteiger partial charge >= 0.3 is 5.97 Å². The molecule has 0 spiro atoms. The van der Waals surface area contributed by atoms with Gasteiger partial charge in [0.2, 0.25) is 0 Å². The number of esters is 1. The Kier molecular flexibility index (Phi) is 4.37. The molecule has 9 heteroatoms. The third kappa shape index (κ3) is 3.76. The van der Waals surface area contributed by atoms with Gasteiger partial charge in [-0.25, -0.2) is 9.97 Å². The molecule has 0 fully saturated rings. The third-order valence-electron chi connectivity index (χ3n) is 2.95. The zero-order valence-electron chi connectivity index (χ0n) is 12.5. The number of pyridine rings is 1. The molecule has 3 aromatic rings. The first-order chi connectivity index (χ1) is 11.2. The summed E-state index contributed by atoms with van der Waals surface area (Å²) in [7, 11) is 0. The Bertz CT molecular complexity index is 781. The Labute approximate surface area is 131 Å². The number of hydrogen-bond donors (Lipinski definition) is 2. The lowest BCUT2D eigenvalue weighted by Crippen LogP contribution is -2.08. The maximum absolute atomic E-state index is 11.4. The first kappa shape index (κ1) is 14.8. The van der Waals surface area contributed by atoms with Crippen LogP contribution in [0.2, 0.25) is 0 Å². The highest BCUT2D eigenvalue weighted by atomic mass is 16.5. The molecule has 2 N–H and O–H groups in total. The topological polar surface area (TPSA) is 122 Å². The van der Waals surface area contributed by atoms with Gasteiger partial charge < -0.3 is 4.74 Å². The molecule has 0 radical (unpaired) electrons. The number of nitrogens with zero attached hydrogens (tertiary/aromatic N) is 5. The van der Waals surface area contributed by atoms with E-state index >= 15 is 0 Å². The van der Waals surface area contributed by atoms with Crippen molar-refractivity contribution in [2.24, 2.45) is 0 Å². The molecule has 0 saturated carbocycles. The predicted octanol–water partition coefficient (Wildman–Crippen LogP) is 0.681. The van der Waals surface area contributed by atoms with Gasteiger partial charge in [0.25, 0.3) is 0 Å². The molecule has 118 valence electrons. The number of nitrogens with one attached hydrogen (secondary N) is 2. The molecule has 0 aliphatic rings. The first-order valence-electron chi connectivity index (χ1n) is 7.13. The standard InChI is InChI=1S/C14H15N7O2/c1-2-23-13(22)8-12-16-10(18-19-12)7-11-17-14(21-20-11)9-5-3-4-6-15-9/h3-6H,2,7-8H2,1H3,(H,16,18,19)(H,17,20,21). The van der Waals surface area contributed by atoms with Crippen molar-refractivity contribution in [3.63, 3.8) is 0 Å². The van der Waals surface area contributed by atoms with Gasteiger partial charge in [0, 0.05) is 6.20 Å². The van der Waals surface area contributed by atoms with Crippen LogP contribution in [0.3, 0.4) is 0 Å². The molecular weight excluding hydrogens is 298 g/mol. The Morgan fingerprint density at radius 2 is 2.00 bits per heavy atom. The summed E-state index contributed by atoms with van der Waals surface area (Å²) in [6.45, 7) is 2.09. The van der Waals surface area contributed by atoms with Crippen molar-refractivity contribution in [3.05, 3.63) is 41.9 Å². The molecular formula is C14H15N7O2. The molecule has 23 heavy (non-hydrogen) atoms. The van der Waals surface area contributed by atoms with E-state index in [-0.39, 0.29) is 12.4 Å². The summed E-state index contributed by atoms with van der Waals surface area (Å²) in [5, 5.41) is 13.7. The lowest BCUT2D eigenvalue weighted by molar-refractivity contribution is -0.142. The fourth-order valence-electron chi connectivity index (χ4n) is 1.98. The van der Waals surface area contributed by atoms with Crippen molar-refractivity contribution in [2.75, 3.05) is 6.61 Å². The largest absolute Gasteiger partial charge is 0.466 e. The smallest absolute Gasteiger partial charge is 0.313 e. The van der Waals surface area contributed by atoms with Crippen LogP contribution in [0.15, 0.2) is 24.4 Å². The average molecular weight is 313 g/mol. The van der Waals surface area contributed by atoms with Gasteiger partial charge in [-0.05, 0) is 19.1 Å². The molecule has 0 saturated heterocycles. The molecule has 0 aliphatic heterocycles. The molecule has 0 unspecified atom stereocenters. The van der Waals surface area contributed by atoms with Gasteiger partial charge in [0.05, 0.1) is 13.0 Å². The zero-order chi connectivity index (χ0) is 16.1. The number of rotatable bonds is 6. The fraction of sp³-hybridized carbons (Fsp3) is 0.286. The zero-order valence-corrected chi connectivity index (χ0v) is 12.5. The molecule has 9 nitrogen and oxygen atoms in total. The SMILES string of the molecule is CCOC(=O)Cc1n[nH]c(Cc2nc(-c3ccccn3)n[nH]2)n1. The highest BCUT2D eigenvalue weighted by molar-refractivity contribution is 5.71. The van der Waals surface area contributed by atoms with Crippen LogP contribution in [0, 0.1) is 0 Å². The number of aromatic amines is 2. The van der Waals surface area contributed by atoms with E-state index < -0.39 is 0 Å². The van der Waals surface area contributed by atoms with Crippen LogP contribution < -0.4 is 0 Å². The Morgan fingerprint density at radius 3 is 2.78 bits per heavy atom. The quantitative estimate of drug-likeness (QED) is 0.641. The number of carbonyl (C=O) groups is 1. The van der Waals surface area contributed by atoms with E-state index in [2.05, 4.69) is 35.3 Å². The minimum atomic E-state index is -0.352. The molecule has 0 bridgehead atoms. The average Bonchev–Trinajstić information content (AvgIpc) is 3.19. The lowest BCUT2D eigenvalue weighted by Gasteiger charge is -1.96. The summed E-state index contributed by atoms with van der Waals surface area (Å²) in [5.41, 5.74) is 0.690. The van der Waals surface area contributed by atoms with Crippen molar-refractivity contribution < 1.29 is 9.53 Å². The molecule has 0 aromatic carbocycles. The summed E-state index contributed by atoms with van der Waals surface area (Å²) in [4.78, 5) is 24.2. The minimum Gasteiger partial charge on any atom is -0.466 e. The van der Waals surface area contributed by atoms with E-state index in [1.807, 2.05) is 18.2 Å². The normalized spacial score (nSPS) is 10.7. The maximum atomic E-state index is 11.4. The van der Waals surface area contributed by atoms with Crippen LogP contribution in [0.25, 0.3) is 11.5 Å². The van der Waals surface area contributed by atoms with Crippen LogP contribution in [-0.2, 0) is 22.4 Å². The molecule has 0 aliphatic carbocycles. The van der Waals surface area contributed by atoms with Gasteiger partial charge in [0.1, 0.15) is 23.8 Å². The number of carbonyl (C=O) groups excluding carboxylic acids is 1. The number of ether oxygens (including phenoxy) is 1. The Morgan fingerprint density at radius 1 is 1.17 bits per heavy atom. The first-order valence-corrected chi connectivity index (χ1v) is 7.13. The highest BCUT2D eigenvalue weighted by Gasteiger charge is 2.12. The second-order valence-corrected chi connectivity index (χ2v) is 4.68. The van der Waals surface area contributed by atoms with Gasteiger partial charge in [0.15, 0.2) is 11.6 Å². The lowest BCUT2D eigenvalue weighted by atomic mass is 10.3. The second-order valence-electron chi connectivity index (χ2n) is 4.68. The van der Waals surface area contributed by atoms with Crippen molar-refractivity contribution in [1.29, 1.82) is 0 Å². The van der Waals surface area contributed by atoms with E-state index in [9.17, 15) is 4.79 Å². The summed E-state index contributed by atoms with van der Waals surface area (Å²) >= 11 is 0. The summed E-state index contributed by atoms with van der Waals surface area (Å²) in [6.07, 6.45) is 2.12. The van der Waals surface area contributed by atoms with E-state index in [1.54, 1.807) is 13.1 Å². The molecule has 3 heterocycles. The molecule has 3 rings (SSSR count). The summed E-state index contributed by atoms with van der Waals surface area (Å²) in [6, 6.07) is 5.53. The Balaban J connectivity index is 1.65. The molecule has 3 aromatic heterocycles. The van der Waals surface area contributed by atoms with Gasteiger partial charge in [-0.1, -0.05) is 6.07 Å². The van der Waals surface area contributed by atoms with Crippen LogP contribution in [0.4, 0.5) is 0 Å². The van der Waals surface area contributed by atoms with Gasteiger partial charge in [-0.3, -0.25) is 20.0 Å². The number of H-pyrrole nitrogens is 2. The molecule has 0 atom stereocenters. The van der Waals surface area contributed by atoms with Crippen LogP contribution >= 0.6 is 0 Å². The van der Waals surface area contributed by atoms with E-state index in [4.69, 9.17) is 4.74 Å². The number of hydrogen-bond acceptors (Lipinski definition) is 7. The second kappa shape index (κ2) is 6.77. The van der Waals surface area contributed by atoms with Gasteiger partial charge in [-0.15, -0.1) is 0 Å². The van der Waals surface area contributed by atoms with E-state index in [0.717, 1.165) is 0 Å². The van der Waals surface area contributed by atoms with Crippen LogP contribution in [0.5, 0.6) is 0 Å². The molecule has 0 amide bonds. The third-order valence-corrected chi connectivity index (χ3v) is 2.95. The highest BCUT2D eigenvalue weighted by Crippen LogP contribution is 2.11. The Hall–Kier alpha value is -3.10. The monoisotopic (exact) mass is 313 g/mol. The summed E-state index contributed by atoms with van der Waals surface area (Å²) in [5.74, 6) is 1.78.